The fourth-order valence-electron chi connectivity index (χ4n) is 11.6. The summed E-state index contributed by atoms with van der Waals surface area (Å²) >= 11 is 1.87. The van der Waals surface area contributed by atoms with Crippen LogP contribution < -0.4 is 4.90 Å². The molecule has 0 N–H and O–H groups in total. The van der Waals surface area contributed by atoms with Gasteiger partial charge >= 0.3 is 0 Å². The second-order valence-electron chi connectivity index (χ2n) is 18.1. The van der Waals surface area contributed by atoms with E-state index in [0.717, 1.165) is 30.9 Å². The average molecular weight is 783 g/mol. The lowest BCUT2D eigenvalue weighted by Gasteiger charge is -2.43. The van der Waals surface area contributed by atoms with Crippen LogP contribution >= 0.6 is 11.3 Å². The first kappa shape index (κ1) is 35.0. The van der Waals surface area contributed by atoms with Gasteiger partial charge in [0.25, 0.3) is 0 Å². The van der Waals surface area contributed by atoms with Crippen LogP contribution in [0, 0.1) is 5.41 Å². The smallest absolute Gasteiger partial charge is 0.223 e. The molecule has 4 nitrogen and oxygen atoms in total. The van der Waals surface area contributed by atoms with Crippen molar-refractivity contribution in [2.45, 2.75) is 69.5 Å². The molecular formula is C54H46N4S. The normalized spacial score (nSPS) is 30.0. The minimum atomic E-state index is -0.430. The third-order valence-corrected chi connectivity index (χ3v) is 15.7. The molecule has 4 aliphatic carbocycles. The molecule has 3 aliphatic heterocycles. The number of aliphatic imine (C=N–C) groups is 2. The molecule has 5 unspecified atom stereocenters. The Morgan fingerprint density at radius 2 is 1.53 bits per heavy atom. The van der Waals surface area contributed by atoms with E-state index in [1.165, 1.54) is 70.7 Å². The van der Waals surface area contributed by atoms with Gasteiger partial charge in [-0.3, -0.25) is 0 Å². The molecule has 0 bridgehead atoms. The van der Waals surface area contributed by atoms with Crippen molar-refractivity contribution in [2.24, 2.45) is 15.4 Å². The van der Waals surface area contributed by atoms with Crippen LogP contribution in [0.15, 0.2) is 202 Å². The third-order valence-electron chi connectivity index (χ3n) is 14.5. The number of thiophene rings is 1. The van der Waals surface area contributed by atoms with Crippen LogP contribution in [-0.2, 0) is 5.41 Å². The summed E-state index contributed by atoms with van der Waals surface area (Å²) in [6, 6.07) is 35.4. The minimum Gasteiger partial charge on any atom is -0.324 e. The van der Waals surface area contributed by atoms with Crippen LogP contribution in [0.5, 0.6) is 0 Å². The molecule has 4 heterocycles. The molecule has 59 heavy (non-hydrogen) atoms. The largest absolute Gasteiger partial charge is 0.324 e. The van der Waals surface area contributed by atoms with Gasteiger partial charge < -0.3 is 9.80 Å². The van der Waals surface area contributed by atoms with Crippen molar-refractivity contribution < 1.29 is 0 Å². The van der Waals surface area contributed by atoms with Gasteiger partial charge in [0.15, 0.2) is 0 Å². The molecular weight excluding hydrogens is 737 g/mol. The highest BCUT2D eigenvalue weighted by molar-refractivity contribution is 7.26. The fraction of sp³-hybridized carbons (Fsp3) is 0.222. The van der Waals surface area contributed by atoms with Gasteiger partial charge in [0, 0.05) is 59.2 Å². The number of hydrogen-bond acceptors (Lipinski definition) is 5. The first-order chi connectivity index (χ1) is 28.7. The Labute approximate surface area is 350 Å². The number of para-hydroxylation sites is 2. The number of nitrogens with zero attached hydrogens (tertiary/aromatic N) is 4. The zero-order chi connectivity index (χ0) is 39.7. The Kier molecular flexibility index (Phi) is 7.26. The van der Waals surface area contributed by atoms with Crippen LogP contribution in [0.25, 0.3) is 20.2 Å². The zero-order valence-electron chi connectivity index (χ0n) is 34.0. The van der Waals surface area contributed by atoms with E-state index in [9.17, 15) is 0 Å². The molecule has 7 aliphatic rings. The lowest BCUT2D eigenvalue weighted by molar-refractivity contribution is 0.234. The van der Waals surface area contributed by atoms with E-state index in [2.05, 4.69) is 201 Å². The summed E-state index contributed by atoms with van der Waals surface area (Å²) in [5.74, 6) is 0.840. The second-order valence-corrected chi connectivity index (χ2v) is 19.2. The maximum Gasteiger partial charge on any atom is 0.223 e. The summed E-state index contributed by atoms with van der Waals surface area (Å²) < 4.78 is 2.60. The van der Waals surface area contributed by atoms with Gasteiger partial charge in [-0.25, -0.2) is 9.98 Å². The van der Waals surface area contributed by atoms with Crippen molar-refractivity contribution in [1.29, 1.82) is 0 Å². The molecule has 0 radical (unpaired) electrons. The van der Waals surface area contributed by atoms with Gasteiger partial charge in [-0.2, -0.15) is 0 Å². The number of fused-ring (bicyclic) bond motifs is 10. The van der Waals surface area contributed by atoms with Crippen molar-refractivity contribution >= 4 is 54.6 Å². The molecule has 1 aromatic heterocycles. The molecule has 0 saturated carbocycles. The lowest BCUT2D eigenvalue weighted by atomic mass is 9.67. The van der Waals surface area contributed by atoms with Gasteiger partial charge in [-0.1, -0.05) is 134 Å². The zero-order valence-corrected chi connectivity index (χ0v) is 34.8. The van der Waals surface area contributed by atoms with Gasteiger partial charge in [-0.15, -0.1) is 11.3 Å². The summed E-state index contributed by atoms with van der Waals surface area (Å²) in [7, 11) is 0. The molecule has 4 aromatic carbocycles. The van der Waals surface area contributed by atoms with Crippen molar-refractivity contribution in [3.05, 3.63) is 203 Å². The minimum absolute atomic E-state index is 0.0474. The van der Waals surface area contributed by atoms with E-state index < -0.39 is 5.54 Å². The molecule has 0 amide bonds. The highest BCUT2D eigenvalue weighted by atomic mass is 32.1. The number of allylic oxidation sites excluding steroid dienone is 10. The highest BCUT2D eigenvalue weighted by Crippen LogP contribution is 2.60. The molecule has 0 spiro atoms. The number of anilines is 2. The molecule has 12 rings (SSSR count). The van der Waals surface area contributed by atoms with E-state index in [-0.39, 0.29) is 22.4 Å². The Bertz CT molecular complexity index is 3000. The van der Waals surface area contributed by atoms with Crippen molar-refractivity contribution in [3.63, 3.8) is 0 Å². The summed E-state index contributed by atoms with van der Waals surface area (Å²) in [5.41, 5.74) is 11.6. The van der Waals surface area contributed by atoms with E-state index in [1.54, 1.807) is 0 Å². The van der Waals surface area contributed by atoms with Gasteiger partial charge in [0.05, 0.1) is 22.8 Å². The highest BCUT2D eigenvalue weighted by Gasteiger charge is 2.60. The maximum absolute atomic E-state index is 5.72. The predicted octanol–water partition coefficient (Wildman–Crippen LogP) is 13.0. The van der Waals surface area contributed by atoms with Crippen LogP contribution in [0.2, 0.25) is 0 Å². The number of rotatable bonds is 3. The van der Waals surface area contributed by atoms with Crippen LogP contribution in [0.3, 0.4) is 0 Å². The van der Waals surface area contributed by atoms with Crippen molar-refractivity contribution in [3.8, 4) is 0 Å². The Balaban J connectivity index is 0.976. The van der Waals surface area contributed by atoms with E-state index >= 15 is 0 Å². The van der Waals surface area contributed by atoms with Crippen LogP contribution in [-0.4, -0.2) is 33.7 Å². The second kappa shape index (κ2) is 12.2. The molecule has 1 fully saturated rings. The molecule has 5 heteroatoms. The van der Waals surface area contributed by atoms with Crippen molar-refractivity contribution in [2.75, 3.05) is 4.90 Å². The molecule has 5 aromatic rings. The monoisotopic (exact) mass is 782 g/mol. The van der Waals surface area contributed by atoms with Crippen LogP contribution in [0.4, 0.5) is 11.4 Å². The first-order valence-corrected chi connectivity index (χ1v) is 21.9. The number of benzene rings is 4. The summed E-state index contributed by atoms with van der Waals surface area (Å²) in [5, 5.41) is 2.60. The number of likely N-dealkylation sites (tertiary alicyclic amines) is 1. The van der Waals surface area contributed by atoms with Crippen LogP contribution in [0.1, 0.15) is 58.1 Å². The van der Waals surface area contributed by atoms with E-state index in [4.69, 9.17) is 9.98 Å². The van der Waals surface area contributed by atoms with E-state index in [0.29, 0.717) is 0 Å². The Hall–Kier alpha value is -6.04. The summed E-state index contributed by atoms with van der Waals surface area (Å²) in [6.45, 7) is 9.63. The van der Waals surface area contributed by atoms with Crippen molar-refractivity contribution in [1.82, 2.24) is 4.90 Å². The van der Waals surface area contributed by atoms with Gasteiger partial charge in [-0.05, 0) is 99.6 Å². The van der Waals surface area contributed by atoms with Gasteiger partial charge in [0.1, 0.15) is 0 Å². The third kappa shape index (κ3) is 4.77. The van der Waals surface area contributed by atoms with Gasteiger partial charge in [0.2, 0.25) is 5.96 Å². The summed E-state index contributed by atoms with van der Waals surface area (Å²) in [4.78, 5) is 16.5. The maximum atomic E-state index is 5.72. The molecule has 5 atom stereocenters. The number of guanidine groups is 1. The fourth-order valence-corrected chi connectivity index (χ4v) is 12.9. The Morgan fingerprint density at radius 3 is 2.42 bits per heavy atom. The first-order valence-electron chi connectivity index (χ1n) is 21.1. The lowest BCUT2D eigenvalue weighted by Crippen LogP contribution is -2.52. The molecule has 1 saturated heterocycles. The molecule has 288 valence electrons. The SMILES string of the molecule is CC12CC=CC=C1C(c1cccc3c1sc1ccccc13)=NC(N1C3C=CC(C4=CC=C5N(c6ccccc6)c6ccccc6C5(C)C4)=CC3(C)C3=CC=CCC31C)=N2. The van der Waals surface area contributed by atoms with E-state index in [1.807, 2.05) is 11.3 Å². The summed E-state index contributed by atoms with van der Waals surface area (Å²) in [6.07, 6.45) is 28.6. The quantitative estimate of drug-likeness (QED) is 0.183. The topological polar surface area (TPSA) is 31.2 Å². The number of hydrogen-bond donors (Lipinski definition) is 0. The average Bonchev–Trinajstić information content (AvgIpc) is 3.84. The standard InChI is InChI=1S/C54H46N4S/c1-51-33-35(27-29-46(51)57(37-17-6-5-7-18-37)43-24-10-9-22-41(43)51)36-28-30-47-52(2,34-36)45-26-13-15-32-54(45,4)58(47)50-55-48(42-23-12-14-31-53(42,3)56-50)40-21-16-20-39-38-19-8-11-25-44(38)59-49(39)40/h5-30,34,47H,31-33H2,1-4H3. The Morgan fingerprint density at radius 1 is 0.746 bits per heavy atom. The predicted molar refractivity (Wildman–Crippen MR) is 248 cm³/mol.